The van der Waals surface area contributed by atoms with Crippen molar-refractivity contribution in [2.45, 2.75) is 59.2 Å². The topological polar surface area (TPSA) is 29.5 Å². The van der Waals surface area contributed by atoms with Gasteiger partial charge in [-0.15, -0.1) is 13.2 Å². The van der Waals surface area contributed by atoms with Gasteiger partial charge in [-0.3, -0.25) is 0 Å². The van der Waals surface area contributed by atoms with Crippen LogP contribution in [0.5, 0.6) is 0 Å². The number of aliphatic hydroxyl groups excluding tert-OH is 1. The van der Waals surface area contributed by atoms with E-state index in [9.17, 15) is 52.7 Å². The quantitative estimate of drug-likeness (QED) is 0.224. The van der Waals surface area contributed by atoms with Crippen LogP contribution in [0.15, 0.2) is 25.3 Å². The van der Waals surface area contributed by atoms with Crippen molar-refractivity contribution in [3.05, 3.63) is 25.3 Å². The molecule has 0 saturated carbocycles. The summed E-state index contributed by atoms with van der Waals surface area (Å²) in [6, 6.07) is 0. The van der Waals surface area contributed by atoms with E-state index in [2.05, 4.69) is 33.8 Å². The van der Waals surface area contributed by atoms with Crippen LogP contribution in [0, 0.1) is 0 Å². The third-order valence-corrected chi connectivity index (χ3v) is 2.16. The lowest BCUT2D eigenvalue weighted by atomic mass is 10.3. The van der Waals surface area contributed by atoms with E-state index in [1.807, 2.05) is 0 Å². The Bertz CT molecular complexity index is 386. The molecule has 0 rings (SSSR count). The second-order valence-corrected chi connectivity index (χ2v) is 4.66. The van der Waals surface area contributed by atoms with Crippen LogP contribution in [0.25, 0.3) is 0 Å². The summed E-state index contributed by atoms with van der Waals surface area (Å²) in [6.07, 6.45) is -27.5. The Kier molecular flexibility index (Phi) is 25.4. The number of ether oxygens (including phenoxy) is 1. The highest BCUT2D eigenvalue weighted by atomic mass is 79.9. The smallest absolute Gasteiger partial charge is 0.377 e. The van der Waals surface area contributed by atoms with Gasteiger partial charge < -0.3 is 9.84 Å². The Morgan fingerprint density at radius 2 is 0.967 bits per heavy atom. The molecule has 0 aromatic rings. The van der Waals surface area contributed by atoms with Crippen LogP contribution in [-0.2, 0) is 4.74 Å². The molecule has 0 aliphatic rings. The Balaban J connectivity index is -0.0000000763. The van der Waals surface area contributed by atoms with Crippen LogP contribution in [-0.4, -0.2) is 54.0 Å². The average molecular weight is 545 g/mol. The van der Waals surface area contributed by atoms with Gasteiger partial charge in [-0.05, 0) is 0 Å². The maximum absolute atomic E-state index is 11.7. The second kappa shape index (κ2) is 17.7. The molecule has 0 aromatic carbocycles. The minimum Gasteiger partial charge on any atom is -0.377 e. The maximum atomic E-state index is 11.7. The van der Waals surface area contributed by atoms with Crippen LogP contribution in [0.1, 0.15) is 22.3 Å². The van der Waals surface area contributed by atoms with Crippen molar-refractivity contribution in [2.24, 2.45) is 0 Å². The summed E-state index contributed by atoms with van der Waals surface area (Å²) in [7, 11) is 0. The standard InChI is InChI=1S/C6H6F6O.C3H5Br.C3H2F6O.3CH4/c1-2-3-13-4(5(7,8)9)6(10,11)12;1-2-3-4;4-2(5,6)1(10)3(7,8)9;;;/h2,4H,1,3H2;2H,1,3H2;1,10H;3*1H4. The van der Waals surface area contributed by atoms with E-state index in [0.29, 0.717) is 0 Å². The summed E-state index contributed by atoms with van der Waals surface area (Å²) in [5.74, 6) is 0. The molecule has 0 spiro atoms. The van der Waals surface area contributed by atoms with Crippen molar-refractivity contribution >= 4 is 15.9 Å². The SMILES string of the molecule is C.C.C.C=CCBr.C=CCOC(C(F)(F)F)C(F)(F)F.OC(C(F)(F)F)C(F)(F)F. The molecular formula is C15H25BrF12O2. The number of hydrogen-bond acceptors (Lipinski definition) is 2. The zero-order valence-electron chi connectivity index (χ0n) is 12.9. The Hall–Kier alpha value is -0.960. The first kappa shape index (κ1) is 43.0. The van der Waals surface area contributed by atoms with E-state index in [1.165, 1.54) is 0 Å². The number of halogens is 13. The molecule has 0 amide bonds. The van der Waals surface area contributed by atoms with E-state index < -0.39 is 43.5 Å². The van der Waals surface area contributed by atoms with Crippen LogP contribution in [0.2, 0.25) is 0 Å². The highest BCUT2D eigenvalue weighted by molar-refractivity contribution is 9.09. The fourth-order valence-electron chi connectivity index (χ4n) is 0.724. The van der Waals surface area contributed by atoms with Gasteiger partial charge in [0.15, 0.2) is 0 Å². The molecule has 0 radical (unpaired) electrons. The highest BCUT2D eigenvalue weighted by Crippen LogP contribution is 2.35. The fraction of sp³-hybridized carbons (Fsp3) is 0.733. The molecule has 1 N–H and O–H groups in total. The fourth-order valence-corrected chi connectivity index (χ4v) is 0.724. The largest absolute Gasteiger partial charge is 0.423 e. The van der Waals surface area contributed by atoms with Gasteiger partial charge in [-0.2, -0.15) is 52.7 Å². The van der Waals surface area contributed by atoms with Gasteiger partial charge in [-0.25, -0.2) is 0 Å². The minimum atomic E-state index is -5.63. The third kappa shape index (κ3) is 23.3. The Morgan fingerprint density at radius 3 is 1.07 bits per heavy atom. The summed E-state index contributed by atoms with van der Waals surface area (Å²) in [6.45, 7) is 5.57. The van der Waals surface area contributed by atoms with Gasteiger partial charge in [0, 0.05) is 5.33 Å². The molecule has 0 unspecified atom stereocenters. The number of hydrogen-bond donors (Lipinski definition) is 1. The van der Waals surface area contributed by atoms with Gasteiger partial charge in [0.1, 0.15) is 0 Å². The molecule has 0 saturated heterocycles. The monoisotopic (exact) mass is 544 g/mol. The number of alkyl halides is 13. The molecule has 15 heteroatoms. The second-order valence-electron chi connectivity index (χ2n) is 4.01. The minimum absolute atomic E-state index is 0. The zero-order chi connectivity index (χ0) is 22.7. The lowest BCUT2D eigenvalue weighted by Crippen LogP contribution is -2.44. The van der Waals surface area contributed by atoms with Gasteiger partial charge in [0.2, 0.25) is 12.2 Å². The number of rotatable bonds is 4. The molecule has 0 fully saturated rings. The van der Waals surface area contributed by atoms with Gasteiger partial charge in [0.25, 0.3) is 0 Å². The summed E-state index contributed by atoms with van der Waals surface area (Å²) < 4.78 is 139. The summed E-state index contributed by atoms with van der Waals surface area (Å²) in [5, 5.41) is 8.37. The molecular weight excluding hydrogens is 520 g/mol. The number of aliphatic hydroxyl groups is 1. The van der Waals surface area contributed by atoms with Crippen LogP contribution in [0.3, 0.4) is 0 Å². The van der Waals surface area contributed by atoms with Crippen LogP contribution >= 0.6 is 15.9 Å². The average Bonchev–Trinajstić information content (AvgIpc) is 2.43. The van der Waals surface area contributed by atoms with Crippen molar-refractivity contribution in [1.29, 1.82) is 0 Å². The third-order valence-electron chi connectivity index (χ3n) is 1.70. The van der Waals surface area contributed by atoms with Crippen LogP contribution in [0.4, 0.5) is 52.7 Å². The molecule has 0 bridgehead atoms. The molecule has 2 nitrogen and oxygen atoms in total. The van der Waals surface area contributed by atoms with Crippen molar-refractivity contribution in [1.82, 2.24) is 0 Å². The summed E-state index contributed by atoms with van der Waals surface area (Å²) >= 11 is 3.13. The maximum Gasteiger partial charge on any atom is 0.423 e. The summed E-state index contributed by atoms with van der Waals surface area (Å²) in [5.41, 5.74) is 0. The highest BCUT2D eigenvalue weighted by Gasteiger charge is 2.58. The van der Waals surface area contributed by atoms with Crippen LogP contribution < -0.4 is 0 Å². The first-order valence-corrected chi connectivity index (χ1v) is 7.23. The van der Waals surface area contributed by atoms with E-state index >= 15 is 0 Å². The molecule has 0 atom stereocenters. The van der Waals surface area contributed by atoms with Gasteiger partial charge in [-0.1, -0.05) is 50.4 Å². The first-order valence-electron chi connectivity index (χ1n) is 6.11. The van der Waals surface area contributed by atoms with Crippen molar-refractivity contribution in [3.8, 4) is 0 Å². The van der Waals surface area contributed by atoms with Crippen molar-refractivity contribution in [3.63, 3.8) is 0 Å². The number of allylic oxidation sites excluding steroid dienone is 1. The molecule has 0 heterocycles. The molecule has 0 aliphatic heterocycles. The molecule has 0 aliphatic carbocycles. The lowest BCUT2D eigenvalue weighted by Gasteiger charge is -2.22. The summed E-state index contributed by atoms with van der Waals surface area (Å²) in [4.78, 5) is 0. The molecule has 188 valence electrons. The van der Waals surface area contributed by atoms with Crippen molar-refractivity contribution in [2.75, 3.05) is 11.9 Å². The van der Waals surface area contributed by atoms with E-state index in [0.717, 1.165) is 11.4 Å². The molecule has 30 heavy (non-hydrogen) atoms. The lowest BCUT2D eigenvalue weighted by molar-refractivity contribution is -0.319. The zero-order valence-corrected chi connectivity index (χ0v) is 14.5. The Morgan fingerprint density at radius 1 is 0.700 bits per heavy atom. The Labute approximate surface area is 175 Å². The first-order chi connectivity index (χ1) is 11.8. The van der Waals surface area contributed by atoms with Gasteiger partial charge in [0.05, 0.1) is 6.61 Å². The van der Waals surface area contributed by atoms with E-state index in [4.69, 9.17) is 5.11 Å². The van der Waals surface area contributed by atoms with E-state index in [1.54, 1.807) is 6.08 Å². The predicted molar refractivity (Wildman–Crippen MR) is 94.3 cm³/mol. The predicted octanol–water partition coefficient (Wildman–Crippen LogP) is 7.63. The van der Waals surface area contributed by atoms with Gasteiger partial charge >= 0.3 is 24.7 Å². The van der Waals surface area contributed by atoms with Crippen molar-refractivity contribution < 1.29 is 62.5 Å². The molecule has 0 aromatic heterocycles. The van der Waals surface area contributed by atoms with E-state index in [-0.39, 0.29) is 22.3 Å². The normalized spacial score (nSPS) is 11.5.